The van der Waals surface area contributed by atoms with Gasteiger partial charge in [-0.1, -0.05) is 23.3 Å². The van der Waals surface area contributed by atoms with Crippen molar-refractivity contribution in [3.05, 3.63) is 41.0 Å². The van der Waals surface area contributed by atoms with Crippen molar-refractivity contribution in [2.75, 3.05) is 13.7 Å². The predicted octanol–water partition coefficient (Wildman–Crippen LogP) is 5.20. The third-order valence-corrected chi connectivity index (χ3v) is 5.30. The standard InChI is InChI=1S/C27H43NO6/c1-18(22(11-10-16-29)24(30)33-26(3,4)5)19(2)23(28-25(31)34-27(6,7)8)17-20-12-14-21(32-9)15-13-20/h12-15,22-23,29H,10-11,16-17H2,1-9H3,(H,28,31)/b19-18+/t22?,23-/m1/s1. The molecule has 1 aromatic carbocycles. The lowest BCUT2D eigenvalue weighted by atomic mass is 9.87. The molecule has 192 valence electrons. The van der Waals surface area contributed by atoms with Crippen LogP contribution >= 0.6 is 0 Å². The summed E-state index contributed by atoms with van der Waals surface area (Å²) in [6.45, 7) is 14.7. The molecule has 0 saturated carbocycles. The lowest BCUT2D eigenvalue weighted by Crippen LogP contribution is -2.41. The van der Waals surface area contributed by atoms with E-state index in [0.717, 1.165) is 22.5 Å². The minimum absolute atomic E-state index is 0.0168. The van der Waals surface area contributed by atoms with E-state index in [1.54, 1.807) is 7.11 Å². The van der Waals surface area contributed by atoms with Gasteiger partial charge < -0.3 is 24.6 Å². The molecule has 7 heteroatoms. The molecule has 0 aromatic heterocycles. The number of hydrogen-bond donors (Lipinski definition) is 2. The van der Waals surface area contributed by atoms with E-state index in [2.05, 4.69) is 5.32 Å². The molecule has 0 radical (unpaired) electrons. The fraction of sp³-hybridized carbons (Fsp3) is 0.630. The first kappa shape index (κ1) is 29.5. The summed E-state index contributed by atoms with van der Waals surface area (Å²) >= 11 is 0. The van der Waals surface area contributed by atoms with Gasteiger partial charge in [0.25, 0.3) is 0 Å². The zero-order chi connectivity index (χ0) is 26.1. The van der Waals surface area contributed by atoms with Crippen LogP contribution in [0.2, 0.25) is 0 Å². The molecule has 34 heavy (non-hydrogen) atoms. The van der Waals surface area contributed by atoms with Crippen LogP contribution < -0.4 is 10.1 Å². The number of rotatable bonds is 10. The van der Waals surface area contributed by atoms with Gasteiger partial charge in [0.05, 0.1) is 19.1 Å². The number of alkyl carbamates (subject to hydrolysis) is 1. The molecule has 2 N–H and O–H groups in total. The van der Waals surface area contributed by atoms with Gasteiger partial charge in [0.15, 0.2) is 0 Å². The van der Waals surface area contributed by atoms with E-state index in [9.17, 15) is 14.7 Å². The number of methoxy groups -OCH3 is 1. The number of esters is 1. The minimum Gasteiger partial charge on any atom is -0.497 e. The van der Waals surface area contributed by atoms with E-state index in [-0.39, 0.29) is 12.6 Å². The maximum atomic E-state index is 13.0. The van der Waals surface area contributed by atoms with Gasteiger partial charge in [-0.05, 0) is 92.3 Å². The molecule has 2 atom stereocenters. The van der Waals surface area contributed by atoms with Crippen LogP contribution in [-0.2, 0) is 20.7 Å². The number of hydrogen-bond acceptors (Lipinski definition) is 6. The number of nitrogens with one attached hydrogen (secondary N) is 1. The average molecular weight is 478 g/mol. The number of aliphatic hydroxyl groups is 1. The third kappa shape index (κ3) is 10.6. The maximum absolute atomic E-state index is 13.0. The molecule has 0 aliphatic heterocycles. The van der Waals surface area contributed by atoms with Crippen molar-refractivity contribution in [1.82, 2.24) is 5.32 Å². The van der Waals surface area contributed by atoms with E-state index in [1.807, 2.05) is 79.7 Å². The molecule has 0 aliphatic rings. The molecule has 1 aromatic rings. The predicted molar refractivity (Wildman–Crippen MR) is 134 cm³/mol. The maximum Gasteiger partial charge on any atom is 0.408 e. The van der Waals surface area contributed by atoms with Gasteiger partial charge in [-0.15, -0.1) is 0 Å². The molecular formula is C27H43NO6. The zero-order valence-corrected chi connectivity index (χ0v) is 22.3. The van der Waals surface area contributed by atoms with Crippen LogP contribution in [-0.4, -0.2) is 48.1 Å². The molecule has 1 unspecified atom stereocenters. The SMILES string of the molecule is COc1ccc(C[C@@H](NC(=O)OC(C)(C)C)/C(C)=C(\C)C(CCCO)C(=O)OC(C)(C)C)cc1. The highest BCUT2D eigenvalue weighted by Crippen LogP contribution is 2.27. The number of ether oxygens (including phenoxy) is 3. The summed E-state index contributed by atoms with van der Waals surface area (Å²) < 4.78 is 16.4. The summed E-state index contributed by atoms with van der Waals surface area (Å²) in [6, 6.07) is 7.24. The first-order valence-electron chi connectivity index (χ1n) is 11.8. The van der Waals surface area contributed by atoms with E-state index < -0.39 is 29.3 Å². The van der Waals surface area contributed by atoms with Crippen molar-refractivity contribution in [2.24, 2.45) is 5.92 Å². The number of benzene rings is 1. The Labute approximate surface area is 204 Å². The van der Waals surface area contributed by atoms with Crippen LogP contribution in [0.15, 0.2) is 35.4 Å². The highest BCUT2D eigenvalue weighted by Gasteiger charge is 2.29. The number of carbonyl (C=O) groups excluding carboxylic acids is 2. The number of amides is 1. The smallest absolute Gasteiger partial charge is 0.408 e. The first-order valence-corrected chi connectivity index (χ1v) is 11.8. The Bertz CT molecular complexity index is 830. The Morgan fingerprint density at radius 3 is 1.97 bits per heavy atom. The molecule has 7 nitrogen and oxygen atoms in total. The molecule has 0 bridgehead atoms. The molecule has 0 fully saturated rings. The molecule has 1 rings (SSSR count). The topological polar surface area (TPSA) is 94.1 Å². The monoisotopic (exact) mass is 477 g/mol. The lowest BCUT2D eigenvalue weighted by molar-refractivity contribution is -0.158. The number of aliphatic hydroxyl groups excluding tert-OH is 1. The summed E-state index contributed by atoms with van der Waals surface area (Å²) in [7, 11) is 1.61. The second-order valence-electron chi connectivity index (χ2n) is 10.6. The van der Waals surface area contributed by atoms with Crippen molar-refractivity contribution in [2.45, 2.75) is 91.9 Å². The number of carbonyl (C=O) groups is 2. The molecule has 0 saturated heterocycles. The molecule has 0 spiro atoms. The van der Waals surface area contributed by atoms with Crippen LogP contribution in [0, 0.1) is 5.92 Å². The highest BCUT2D eigenvalue weighted by atomic mass is 16.6. The zero-order valence-electron chi connectivity index (χ0n) is 22.3. The van der Waals surface area contributed by atoms with Gasteiger partial charge in [0, 0.05) is 6.61 Å². The van der Waals surface area contributed by atoms with E-state index in [1.165, 1.54) is 0 Å². The highest BCUT2D eigenvalue weighted by molar-refractivity contribution is 5.76. The van der Waals surface area contributed by atoms with Crippen LogP contribution in [0.3, 0.4) is 0 Å². The molecule has 0 heterocycles. The summed E-state index contributed by atoms with van der Waals surface area (Å²) in [4.78, 5) is 25.7. The Kier molecular flexibility index (Phi) is 11.1. The Hall–Kier alpha value is -2.54. The normalized spacial score (nSPS) is 14.5. The van der Waals surface area contributed by atoms with Gasteiger partial charge in [-0.25, -0.2) is 4.79 Å². The van der Waals surface area contributed by atoms with Crippen molar-refractivity contribution in [1.29, 1.82) is 0 Å². The molecular weight excluding hydrogens is 434 g/mol. The largest absolute Gasteiger partial charge is 0.497 e. The van der Waals surface area contributed by atoms with Crippen LogP contribution in [0.1, 0.15) is 73.8 Å². The van der Waals surface area contributed by atoms with Crippen LogP contribution in [0.5, 0.6) is 5.75 Å². The summed E-state index contributed by atoms with van der Waals surface area (Å²) in [5, 5.41) is 12.3. The van der Waals surface area contributed by atoms with E-state index in [4.69, 9.17) is 14.2 Å². The summed E-state index contributed by atoms with van der Waals surface area (Å²) in [5.41, 5.74) is 1.41. The van der Waals surface area contributed by atoms with Crippen LogP contribution in [0.25, 0.3) is 0 Å². The van der Waals surface area contributed by atoms with Gasteiger partial charge in [-0.3, -0.25) is 4.79 Å². The van der Waals surface area contributed by atoms with Crippen molar-refractivity contribution >= 4 is 12.1 Å². The Morgan fingerprint density at radius 1 is 0.941 bits per heavy atom. The van der Waals surface area contributed by atoms with E-state index >= 15 is 0 Å². The minimum atomic E-state index is -0.637. The third-order valence-electron chi connectivity index (χ3n) is 5.30. The van der Waals surface area contributed by atoms with Crippen molar-refractivity contribution in [3.63, 3.8) is 0 Å². The van der Waals surface area contributed by atoms with Gasteiger partial charge >= 0.3 is 12.1 Å². The quantitative estimate of drug-likeness (QED) is 0.355. The molecule has 0 aliphatic carbocycles. The molecule has 1 amide bonds. The summed E-state index contributed by atoms with van der Waals surface area (Å²) in [6.07, 6.45) is 0.906. The second kappa shape index (κ2) is 12.8. The Balaban J connectivity index is 3.33. The van der Waals surface area contributed by atoms with Crippen LogP contribution in [0.4, 0.5) is 4.79 Å². The van der Waals surface area contributed by atoms with Crippen molar-refractivity contribution in [3.8, 4) is 5.75 Å². The fourth-order valence-electron chi connectivity index (χ4n) is 3.49. The van der Waals surface area contributed by atoms with Gasteiger partial charge in [0.2, 0.25) is 0 Å². The first-order chi connectivity index (χ1) is 15.7. The van der Waals surface area contributed by atoms with Gasteiger partial charge in [0.1, 0.15) is 17.0 Å². The fourth-order valence-corrected chi connectivity index (χ4v) is 3.49. The Morgan fingerprint density at radius 2 is 1.50 bits per heavy atom. The second-order valence-corrected chi connectivity index (χ2v) is 10.6. The average Bonchev–Trinajstić information content (AvgIpc) is 2.70. The van der Waals surface area contributed by atoms with Gasteiger partial charge in [-0.2, -0.15) is 0 Å². The lowest BCUT2D eigenvalue weighted by Gasteiger charge is -2.28. The summed E-state index contributed by atoms with van der Waals surface area (Å²) in [5.74, 6) is -0.110. The van der Waals surface area contributed by atoms with E-state index in [0.29, 0.717) is 19.3 Å². The van der Waals surface area contributed by atoms with Crippen molar-refractivity contribution < 1.29 is 28.9 Å².